The van der Waals surface area contributed by atoms with E-state index in [1.165, 1.54) is 4.90 Å². The summed E-state index contributed by atoms with van der Waals surface area (Å²) in [5.41, 5.74) is 3.36. The van der Waals surface area contributed by atoms with E-state index in [1.54, 1.807) is 12.1 Å². The number of rotatable bonds is 2. The van der Waals surface area contributed by atoms with Crippen LogP contribution in [-0.4, -0.2) is 32.9 Å². The van der Waals surface area contributed by atoms with Gasteiger partial charge in [-0.15, -0.1) is 0 Å². The Bertz CT molecular complexity index is 944. The Morgan fingerprint density at radius 1 is 1.08 bits per heavy atom. The van der Waals surface area contributed by atoms with Gasteiger partial charge in [0, 0.05) is 30.2 Å². The Morgan fingerprint density at radius 2 is 1.88 bits per heavy atom. The van der Waals surface area contributed by atoms with Crippen molar-refractivity contribution in [3.63, 3.8) is 0 Å². The molecule has 0 saturated heterocycles. The maximum Gasteiger partial charge on any atom is 0.326 e. The molecule has 2 heterocycles. The molecule has 0 fully saturated rings. The standard InChI is InChI=1S/C19H16N2O3/c22-18(14-6-5-12-7-8-20-16(12)9-14)21-11-15-4-2-1-3-13(15)10-17(21)19(23)24/h1-9,17,20H,10-11H2,(H,23,24). The summed E-state index contributed by atoms with van der Waals surface area (Å²) in [5, 5.41) is 10.6. The number of carboxylic acids is 1. The molecule has 5 nitrogen and oxygen atoms in total. The van der Waals surface area contributed by atoms with Crippen molar-refractivity contribution in [3.05, 3.63) is 71.4 Å². The molecule has 1 unspecified atom stereocenters. The van der Waals surface area contributed by atoms with Crippen molar-refractivity contribution in [2.45, 2.75) is 19.0 Å². The van der Waals surface area contributed by atoms with E-state index >= 15 is 0 Å². The van der Waals surface area contributed by atoms with Crippen molar-refractivity contribution < 1.29 is 14.7 Å². The number of carboxylic acid groups (broad SMARTS) is 1. The van der Waals surface area contributed by atoms with E-state index < -0.39 is 12.0 Å². The number of H-pyrrole nitrogens is 1. The normalized spacial score (nSPS) is 16.8. The van der Waals surface area contributed by atoms with Crippen LogP contribution in [0.15, 0.2) is 54.7 Å². The number of carbonyl (C=O) groups excluding carboxylic acids is 1. The van der Waals surface area contributed by atoms with Crippen molar-refractivity contribution in [1.29, 1.82) is 0 Å². The summed E-state index contributed by atoms with van der Waals surface area (Å²) in [7, 11) is 0. The molecule has 1 amide bonds. The summed E-state index contributed by atoms with van der Waals surface area (Å²) < 4.78 is 0. The zero-order valence-electron chi connectivity index (χ0n) is 12.9. The smallest absolute Gasteiger partial charge is 0.326 e. The average molecular weight is 320 g/mol. The lowest BCUT2D eigenvalue weighted by molar-refractivity contribution is -0.142. The van der Waals surface area contributed by atoms with Gasteiger partial charge >= 0.3 is 5.97 Å². The van der Waals surface area contributed by atoms with Gasteiger partial charge in [-0.25, -0.2) is 4.79 Å². The SMILES string of the molecule is O=C(O)C1Cc2ccccc2CN1C(=O)c1ccc2cc[nH]c2c1. The number of nitrogens with one attached hydrogen (secondary N) is 1. The number of nitrogens with zero attached hydrogens (tertiary/aromatic N) is 1. The highest BCUT2D eigenvalue weighted by Gasteiger charge is 2.34. The lowest BCUT2D eigenvalue weighted by Crippen LogP contribution is -2.48. The molecular weight excluding hydrogens is 304 g/mol. The fourth-order valence-corrected chi connectivity index (χ4v) is 3.30. The second-order valence-corrected chi connectivity index (χ2v) is 6.04. The Kier molecular flexibility index (Phi) is 3.34. The minimum Gasteiger partial charge on any atom is -0.480 e. The minimum absolute atomic E-state index is 0.256. The average Bonchev–Trinajstić information content (AvgIpc) is 3.07. The van der Waals surface area contributed by atoms with Crippen LogP contribution >= 0.6 is 0 Å². The molecule has 120 valence electrons. The van der Waals surface area contributed by atoms with Crippen LogP contribution in [0.3, 0.4) is 0 Å². The van der Waals surface area contributed by atoms with Crippen LogP contribution < -0.4 is 0 Å². The highest BCUT2D eigenvalue weighted by Crippen LogP contribution is 2.26. The van der Waals surface area contributed by atoms with Crippen molar-refractivity contribution in [2.75, 3.05) is 0 Å². The first-order valence-corrected chi connectivity index (χ1v) is 7.81. The van der Waals surface area contributed by atoms with E-state index in [2.05, 4.69) is 4.98 Å². The minimum atomic E-state index is -0.973. The van der Waals surface area contributed by atoms with Gasteiger partial charge < -0.3 is 15.0 Å². The van der Waals surface area contributed by atoms with E-state index in [9.17, 15) is 14.7 Å². The number of amides is 1. The highest BCUT2D eigenvalue weighted by atomic mass is 16.4. The molecule has 0 radical (unpaired) electrons. The van der Waals surface area contributed by atoms with Crippen LogP contribution in [0.2, 0.25) is 0 Å². The molecule has 1 atom stereocenters. The summed E-state index contributed by atoms with van der Waals surface area (Å²) in [4.78, 5) is 29.2. The van der Waals surface area contributed by atoms with Crippen molar-refractivity contribution >= 4 is 22.8 Å². The van der Waals surface area contributed by atoms with E-state index in [0.717, 1.165) is 22.0 Å². The Labute approximate surface area is 138 Å². The third kappa shape index (κ3) is 2.34. The number of aromatic amines is 1. The summed E-state index contributed by atoms with van der Waals surface area (Å²) in [5.74, 6) is -1.23. The monoisotopic (exact) mass is 320 g/mol. The van der Waals surface area contributed by atoms with Gasteiger partial charge in [0.1, 0.15) is 6.04 Å². The quantitative estimate of drug-likeness (QED) is 0.762. The summed E-state index contributed by atoms with van der Waals surface area (Å²) >= 11 is 0. The van der Waals surface area contributed by atoms with Gasteiger partial charge in [-0.2, -0.15) is 0 Å². The van der Waals surface area contributed by atoms with Gasteiger partial charge in [0.15, 0.2) is 0 Å². The molecule has 1 aliphatic rings. The van der Waals surface area contributed by atoms with Gasteiger partial charge in [-0.3, -0.25) is 4.79 Å². The number of fused-ring (bicyclic) bond motifs is 2. The number of aliphatic carboxylic acids is 1. The summed E-state index contributed by atoms with van der Waals surface area (Å²) in [6, 6.07) is 14.2. The zero-order valence-corrected chi connectivity index (χ0v) is 12.9. The van der Waals surface area contributed by atoms with Gasteiger partial charge in [-0.05, 0) is 34.7 Å². The molecule has 4 rings (SSSR count). The zero-order chi connectivity index (χ0) is 16.7. The van der Waals surface area contributed by atoms with Crippen LogP contribution in [0.1, 0.15) is 21.5 Å². The maximum absolute atomic E-state index is 12.9. The second-order valence-electron chi connectivity index (χ2n) is 6.04. The predicted molar refractivity (Wildman–Crippen MR) is 89.7 cm³/mol. The fourth-order valence-electron chi connectivity index (χ4n) is 3.30. The Balaban J connectivity index is 1.72. The van der Waals surface area contributed by atoms with Crippen molar-refractivity contribution in [3.8, 4) is 0 Å². The van der Waals surface area contributed by atoms with Crippen molar-refractivity contribution in [2.24, 2.45) is 0 Å². The fraction of sp³-hybridized carbons (Fsp3) is 0.158. The summed E-state index contributed by atoms with van der Waals surface area (Å²) in [6.45, 7) is 0.314. The van der Waals surface area contributed by atoms with Crippen LogP contribution in [0, 0.1) is 0 Å². The third-order valence-corrected chi connectivity index (χ3v) is 4.60. The lowest BCUT2D eigenvalue weighted by Gasteiger charge is -2.34. The molecule has 1 aromatic heterocycles. The first-order valence-electron chi connectivity index (χ1n) is 7.81. The van der Waals surface area contributed by atoms with Crippen LogP contribution in [-0.2, 0) is 17.8 Å². The number of benzene rings is 2. The Hall–Kier alpha value is -3.08. The van der Waals surface area contributed by atoms with E-state index in [4.69, 9.17) is 0 Å². The number of hydrogen-bond acceptors (Lipinski definition) is 2. The molecule has 3 aromatic rings. The number of hydrogen-bond donors (Lipinski definition) is 2. The molecular formula is C19H16N2O3. The van der Waals surface area contributed by atoms with E-state index in [1.807, 2.05) is 42.6 Å². The van der Waals surface area contributed by atoms with Gasteiger partial charge in [0.25, 0.3) is 5.91 Å². The molecule has 2 aromatic carbocycles. The van der Waals surface area contributed by atoms with E-state index in [-0.39, 0.29) is 5.91 Å². The van der Waals surface area contributed by atoms with Gasteiger partial charge in [-0.1, -0.05) is 30.3 Å². The molecule has 1 aliphatic heterocycles. The topological polar surface area (TPSA) is 73.4 Å². The number of carbonyl (C=O) groups is 2. The molecule has 0 saturated carbocycles. The predicted octanol–water partition coefficient (Wildman–Crippen LogP) is 2.82. The van der Waals surface area contributed by atoms with Gasteiger partial charge in [0.2, 0.25) is 0 Å². The largest absolute Gasteiger partial charge is 0.480 e. The van der Waals surface area contributed by atoms with E-state index in [0.29, 0.717) is 18.5 Å². The maximum atomic E-state index is 12.9. The lowest BCUT2D eigenvalue weighted by atomic mass is 9.93. The molecule has 24 heavy (non-hydrogen) atoms. The van der Waals surface area contributed by atoms with Crippen LogP contribution in [0.4, 0.5) is 0 Å². The number of aromatic nitrogens is 1. The first-order chi connectivity index (χ1) is 11.6. The van der Waals surface area contributed by atoms with Crippen LogP contribution in [0.25, 0.3) is 10.9 Å². The molecule has 2 N–H and O–H groups in total. The Morgan fingerprint density at radius 3 is 2.67 bits per heavy atom. The highest BCUT2D eigenvalue weighted by molar-refractivity contribution is 5.99. The van der Waals surface area contributed by atoms with Gasteiger partial charge in [0.05, 0.1) is 0 Å². The molecule has 0 bridgehead atoms. The summed E-state index contributed by atoms with van der Waals surface area (Å²) in [6.07, 6.45) is 2.15. The first kappa shape index (κ1) is 14.5. The second kappa shape index (κ2) is 5.53. The molecule has 0 aliphatic carbocycles. The third-order valence-electron chi connectivity index (χ3n) is 4.60. The molecule has 5 heteroatoms. The molecule has 0 spiro atoms. The van der Waals surface area contributed by atoms with Crippen molar-refractivity contribution in [1.82, 2.24) is 9.88 Å². The van der Waals surface area contributed by atoms with Crippen LogP contribution in [0.5, 0.6) is 0 Å².